The summed E-state index contributed by atoms with van der Waals surface area (Å²) >= 11 is 7.81. The van der Waals surface area contributed by atoms with Crippen LogP contribution in [0.25, 0.3) is 21.5 Å². The van der Waals surface area contributed by atoms with Crippen molar-refractivity contribution in [3.8, 4) is 10.6 Å². The van der Waals surface area contributed by atoms with Crippen molar-refractivity contribution in [3.63, 3.8) is 0 Å². The number of aromatic amines is 1. The molecule has 2 nitrogen and oxygen atoms in total. The molecule has 3 N–H and O–H groups in total. The van der Waals surface area contributed by atoms with E-state index >= 15 is 0 Å². The molecule has 0 saturated heterocycles. The van der Waals surface area contributed by atoms with Gasteiger partial charge in [0.25, 0.3) is 0 Å². The van der Waals surface area contributed by atoms with Gasteiger partial charge < -0.3 is 10.7 Å². The minimum absolute atomic E-state index is 0.0607. The number of fused-ring (bicyclic) bond motifs is 1. The fraction of sp³-hybridized carbons (Fsp3) is 0.333. The summed E-state index contributed by atoms with van der Waals surface area (Å²) in [6.07, 6.45) is -2.20. The highest BCUT2D eigenvalue weighted by Gasteiger charge is 2.34. The Morgan fingerprint density at radius 2 is 1.96 bits per heavy atom. The van der Waals surface area contributed by atoms with Crippen molar-refractivity contribution in [2.75, 3.05) is 6.54 Å². The average Bonchev–Trinajstić information content (AvgIpc) is 3.11. The maximum Gasteiger partial charge on any atom is 0.418 e. The summed E-state index contributed by atoms with van der Waals surface area (Å²) in [4.78, 5) is 3.97. The van der Waals surface area contributed by atoms with Crippen molar-refractivity contribution in [3.05, 3.63) is 45.3 Å². The number of H-pyrrole nitrogens is 1. The molecule has 0 atom stereocenters. The Balaban J connectivity index is 2.28. The molecule has 134 valence electrons. The number of aryl methyl sites for hydroxylation is 2. The van der Waals surface area contributed by atoms with Gasteiger partial charge in [-0.3, -0.25) is 0 Å². The predicted molar refractivity (Wildman–Crippen MR) is 98.4 cm³/mol. The smallest absolute Gasteiger partial charge is 0.353 e. The largest absolute Gasteiger partial charge is 0.418 e. The van der Waals surface area contributed by atoms with E-state index in [2.05, 4.69) is 4.98 Å². The molecule has 0 aliphatic carbocycles. The van der Waals surface area contributed by atoms with Crippen molar-refractivity contribution >= 4 is 33.8 Å². The standard InChI is InChI=1S/C18H18ClF3N2S/c1-10-7-9-25-17(10)15-11(4-2-3-8-23)14-13(19)6-5-12(16(14)24-15)18(20,21)22/h5-7,9,24H,2-4,8,23H2,1H3. The first-order chi connectivity index (χ1) is 11.8. The second kappa shape index (κ2) is 7.02. The molecule has 0 aliphatic rings. The number of benzene rings is 1. The maximum atomic E-state index is 13.4. The lowest BCUT2D eigenvalue weighted by molar-refractivity contribution is -0.136. The summed E-state index contributed by atoms with van der Waals surface area (Å²) in [5.74, 6) is 0. The van der Waals surface area contributed by atoms with Gasteiger partial charge in [-0.25, -0.2) is 0 Å². The topological polar surface area (TPSA) is 41.8 Å². The van der Waals surface area contributed by atoms with Crippen LogP contribution in [0.4, 0.5) is 13.2 Å². The van der Waals surface area contributed by atoms with Crippen LogP contribution in [0.1, 0.15) is 29.5 Å². The number of thiophene rings is 1. The number of nitrogens with one attached hydrogen (secondary N) is 1. The van der Waals surface area contributed by atoms with Crippen molar-refractivity contribution in [2.24, 2.45) is 5.73 Å². The van der Waals surface area contributed by atoms with E-state index in [0.29, 0.717) is 23.4 Å². The van der Waals surface area contributed by atoms with Crippen LogP contribution in [0, 0.1) is 6.92 Å². The van der Waals surface area contributed by atoms with E-state index in [1.54, 1.807) is 0 Å². The molecule has 0 spiro atoms. The highest BCUT2D eigenvalue weighted by molar-refractivity contribution is 7.13. The monoisotopic (exact) mass is 386 g/mol. The molecule has 2 aromatic heterocycles. The van der Waals surface area contributed by atoms with Crippen LogP contribution >= 0.6 is 22.9 Å². The van der Waals surface area contributed by atoms with Crippen LogP contribution in [-0.4, -0.2) is 11.5 Å². The van der Waals surface area contributed by atoms with Crippen LogP contribution in [0.2, 0.25) is 5.02 Å². The number of alkyl halides is 3. The van der Waals surface area contributed by atoms with Gasteiger partial charge >= 0.3 is 6.18 Å². The third-order valence-corrected chi connectivity index (χ3v) is 5.63. The lowest BCUT2D eigenvalue weighted by atomic mass is 10.0. The SMILES string of the molecule is Cc1ccsc1-c1[nH]c2c(C(F)(F)F)ccc(Cl)c2c1CCCCN. The highest BCUT2D eigenvalue weighted by atomic mass is 35.5. The molecule has 2 heterocycles. The van der Waals surface area contributed by atoms with Crippen LogP contribution in [-0.2, 0) is 12.6 Å². The van der Waals surface area contributed by atoms with Gasteiger partial charge in [0.15, 0.2) is 0 Å². The summed E-state index contributed by atoms with van der Waals surface area (Å²) in [5, 5.41) is 2.74. The van der Waals surface area contributed by atoms with Gasteiger partial charge in [-0.2, -0.15) is 13.2 Å². The van der Waals surface area contributed by atoms with Gasteiger partial charge in [-0.05, 0) is 67.4 Å². The van der Waals surface area contributed by atoms with Crippen molar-refractivity contribution in [1.29, 1.82) is 0 Å². The molecule has 25 heavy (non-hydrogen) atoms. The lowest BCUT2D eigenvalue weighted by Crippen LogP contribution is -2.05. The van der Waals surface area contributed by atoms with Gasteiger partial charge in [0.05, 0.1) is 26.7 Å². The van der Waals surface area contributed by atoms with E-state index in [9.17, 15) is 13.2 Å². The third-order valence-electron chi connectivity index (χ3n) is 4.28. The van der Waals surface area contributed by atoms with Gasteiger partial charge in [0, 0.05) is 5.39 Å². The fourth-order valence-corrected chi connectivity index (χ4v) is 4.31. The van der Waals surface area contributed by atoms with Crippen LogP contribution in [0.3, 0.4) is 0 Å². The molecule has 0 aliphatic heterocycles. The van der Waals surface area contributed by atoms with Crippen LogP contribution in [0.15, 0.2) is 23.6 Å². The highest BCUT2D eigenvalue weighted by Crippen LogP contribution is 2.43. The normalized spacial score (nSPS) is 12.2. The molecule has 7 heteroatoms. The molecular formula is C18H18ClF3N2S. The fourth-order valence-electron chi connectivity index (χ4n) is 3.08. The summed E-state index contributed by atoms with van der Waals surface area (Å²) in [6.45, 7) is 2.50. The molecule has 3 rings (SSSR count). The molecule has 0 bridgehead atoms. The Labute approximate surface area is 152 Å². The van der Waals surface area contributed by atoms with E-state index < -0.39 is 11.7 Å². The molecule has 0 saturated carbocycles. The number of halogens is 4. The second-order valence-corrected chi connectivity index (χ2v) is 7.32. The molecular weight excluding hydrogens is 369 g/mol. The molecule has 0 radical (unpaired) electrons. The average molecular weight is 387 g/mol. The molecule has 0 fully saturated rings. The van der Waals surface area contributed by atoms with Crippen LogP contribution < -0.4 is 5.73 Å². The van der Waals surface area contributed by atoms with Crippen molar-refractivity contribution in [2.45, 2.75) is 32.4 Å². The quantitative estimate of drug-likeness (QED) is 0.507. The van der Waals surface area contributed by atoms with Gasteiger partial charge in [0.1, 0.15) is 0 Å². The minimum Gasteiger partial charge on any atom is -0.353 e. The Kier molecular flexibility index (Phi) is 5.14. The lowest BCUT2D eigenvalue weighted by Gasteiger charge is -2.09. The zero-order valence-corrected chi connectivity index (χ0v) is 15.2. The number of unbranched alkanes of at least 4 members (excludes halogenated alkanes) is 1. The first-order valence-electron chi connectivity index (χ1n) is 7.99. The van der Waals surface area contributed by atoms with E-state index in [0.717, 1.165) is 40.6 Å². The second-order valence-electron chi connectivity index (χ2n) is 6.00. The number of aromatic nitrogens is 1. The Morgan fingerprint density at radius 1 is 1.20 bits per heavy atom. The molecule has 3 aromatic rings. The first kappa shape index (κ1) is 18.3. The molecule has 0 unspecified atom stereocenters. The minimum atomic E-state index is -4.44. The number of hydrogen-bond donors (Lipinski definition) is 2. The zero-order valence-electron chi connectivity index (χ0n) is 13.6. The van der Waals surface area contributed by atoms with Gasteiger partial charge in [-0.1, -0.05) is 11.6 Å². The van der Waals surface area contributed by atoms with E-state index in [-0.39, 0.29) is 5.52 Å². The summed E-state index contributed by atoms with van der Waals surface area (Å²) < 4.78 is 40.3. The number of nitrogens with two attached hydrogens (primary N) is 1. The maximum absolute atomic E-state index is 13.4. The Morgan fingerprint density at radius 3 is 2.56 bits per heavy atom. The van der Waals surface area contributed by atoms with E-state index in [1.165, 1.54) is 17.4 Å². The predicted octanol–water partition coefficient (Wildman–Crippen LogP) is 6.16. The van der Waals surface area contributed by atoms with E-state index in [1.807, 2.05) is 18.4 Å². The van der Waals surface area contributed by atoms with Crippen molar-refractivity contribution < 1.29 is 13.2 Å². The zero-order chi connectivity index (χ0) is 18.2. The molecule has 0 amide bonds. The van der Waals surface area contributed by atoms with Crippen molar-refractivity contribution in [1.82, 2.24) is 4.98 Å². The summed E-state index contributed by atoms with van der Waals surface area (Å²) in [6, 6.07) is 4.33. The van der Waals surface area contributed by atoms with Gasteiger partial charge in [0.2, 0.25) is 0 Å². The van der Waals surface area contributed by atoms with Crippen LogP contribution in [0.5, 0.6) is 0 Å². The molecule has 1 aromatic carbocycles. The van der Waals surface area contributed by atoms with Gasteiger partial charge in [-0.15, -0.1) is 11.3 Å². The summed E-state index contributed by atoms with van der Waals surface area (Å²) in [7, 11) is 0. The number of hydrogen-bond acceptors (Lipinski definition) is 2. The Hall–Kier alpha value is -1.50. The van der Waals surface area contributed by atoms with E-state index in [4.69, 9.17) is 17.3 Å². The first-order valence-corrected chi connectivity index (χ1v) is 9.25. The summed E-state index contributed by atoms with van der Waals surface area (Å²) in [5.41, 5.74) is 7.54. The third kappa shape index (κ3) is 3.43. The number of rotatable bonds is 5. The Bertz CT molecular complexity index is 896.